The third-order valence-corrected chi connectivity index (χ3v) is 5.52. The lowest BCUT2D eigenvalue weighted by Gasteiger charge is -2.14. The van der Waals surface area contributed by atoms with Gasteiger partial charge in [0.05, 0.1) is 28.2 Å². The van der Waals surface area contributed by atoms with Crippen LogP contribution in [0.5, 0.6) is 0 Å². The summed E-state index contributed by atoms with van der Waals surface area (Å²) in [6.07, 6.45) is 0.931. The van der Waals surface area contributed by atoms with Crippen LogP contribution in [-0.4, -0.2) is 27.9 Å². The van der Waals surface area contributed by atoms with E-state index in [1.807, 2.05) is 6.07 Å². The van der Waals surface area contributed by atoms with Crippen LogP contribution in [0.15, 0.2) is 52.4 Å². The smallest absolute Gasteiger partial charge is 0.305 e. The van der Waals surface area contributed by atoms with Gasteiger partial charge in [-0.05, 0) is 43.7 Å². The predicted octanol–water partition coefficient (Wildman–Crippen LogP) is 5.13. The highest BCUT2D eigenvalue weighted by molar-refractivity contribution is 7.99. The number of aromatic nitrogens is 2. The molecule has 3 rings (SSSR count). The van der Waals surface area contributed by atoms with Crippen molar-refractivity contribution in [2.75, 3.05) is 12.4 Å². The van der Waals surface area contributed by atoms with E-state index >= 15 is 0 Å². The highest BCUT2D eigenvalue weighted by atomic mass is 35.5. The van der Waals surface area contributed by atoms with Crippen molar-refractivity contribution in [3.63, 3.8) is 0 Å². The summed E-state index contributed by atoms with van der Waals surface area (Å²) in [5, 5.41) is 1.86. The number of nitrogens with zero attached hydrogens (tertiary/aromatic N) is 2. The van der Waals surface area contributed by atoms with Crippen LogP contribution in [0.3, 0.4) is 0 Å². The Balaban J connectivity index is 1.98. The summed E-state index contributed by atoms with van der Waals surface area (Å²) >= 11 is 13.8. The first kappa shape index (κ1) is 20.7. The Labute approximate surface area is 176 Å². The molecule has 8 heteroatoms. The Bertz CT molecular complexity index is 1070. The van der Waals surface area contributed by atoms with Crippen LogP contribution in [0.1, 0.15) is 19.8 Å². The largest absolute Gasteiger partial charge is 0.466 e. The summed E-state index contributed by atoms with van der Waals surface area (Å²) < 4.78 is 6.44. The van der Waals surface area contributed by atoms with Gasteiger partial charge in [-0.2, -0.15) is 0 Å². The fraction of sp³-hybridized carbons (Fsp3) is 0.250. The van der Waals surface area contributed by atoms with Crippen molar-refractivity contribution in [3.05, 3.63) is 62.9 Å². The van der Waals surface area contributed by atoms with E-state index in [4.69, 9.17) is 27.9 Å². The molecule has 0 N–H and O–H groups in total. The Kier molecular flexibility index (Phi) is 6.99. The highest BCUT2D eigenvalue weighted by Crippen LogP contribution is 2.28. The van der Waals surface area contributed by atoms with E-state index in [1.54, 1.807) is 43.3 Å². The molecule has 28 heavy (non-hydrogen) atoms. The second-order valence-corrected chi connectivity index (χ2v) is 7.81. The molecule has 0 aliphatic rings. The van der Waals surface area contributed by atoms with Crippen molar-refractivity contribution in [3.8, 4) is 5.69 Å². The number of halogens is 2. The number of hydrogen-bond donors (Lipinski definition) is 0. The number of esters is 1. The van der Waals surface area contributed by atoms with E-state index in [2.05, 4.69) is 4.98 Å². The van der Waals surface area contributed by atoms with E-state index in [-0.39, 0.29) is 11.5 Å². The quantitative estimate of drug-likeness (QED) is 0.222. The summed E-state index contributed by atoms with van der Waals surface area (Å²) in [7, 11) is 0. The number of fused-ring (bicyclic) bond motifs is 1. The highest BCUT2D eigenvalue weighted by Gasteiger charge is 2.16. The lowest BCUT2D eigenvalue weighted by Crippen LogP contribution is -2.22. The lowest BCUT2D eigenvalue weighted by atomic mass is 10.2. The average Bonchev–Trinajstić information content (AvgIpc) is 2.67. The minimum Gasteiger partial charge on any atom is -0.466 e. The van der Waals surface area contributed by atoms with E-state index in [1.165, 1.54) is 16.3 Å². The summed E-state index contributed by atoms with van der Waals surface area (Å²) in [6.45, 7) is 2.15. The molecule has 0 saturated carbocycles. The van der Waals surface area contributed by atoms with Crippen molar-refractivity contribution >= 4 is 51.8 Å². The van der Waals surface area contributed by atoms with Crippen LogP contribution in [0, 0.1) is 0 Å². The fourth-order valence-electron chi connectivity index (χ4n) is 2.70. The maximum atomic E-state index is 13.2. The standard InChI is InChI=1S/C20H18Cl2N2O3S/c1-2-27-18(25)8-5-11-28-20-23-16-7-4-3-6-14(16)19(26)24(20)17-10-9-13(21)12-15(17)22/h3-4,6-7,9-10,12H,2,5,8,11H2,1H3. The third kappa shape index (κ3) is 4.69. The SMILES string of the molecule is CCOC(=O)CCCSc1nc2ccccc2c(=O)n1-c1ccc(Cl)cc1Cl. The molecule has 0 amide bonds. The van der Waals surface area contributed by atoms with E-state index < -0.39 is 0 Å². The molecule has 0 radical (unpaired) electrons. The molecule has 0 aliphatic heterocycles. The second kappa shape index (κ2) is 9.45. The van der Waals surface area contributed by atoms with Gasteiger partial charge >= 0.3 is 5.97 Å². The van der Waals surface area contributed by atoms with Gasteiger partial charge in [0.25, 0.3) is 5.56 Å². The summed E-state index contributed by atoms with van der Waals surface area (Å²) in [4.78, 5) is 29.3. The molecule has 5 nitrogen and oxygen atoms in total. The third-order valence-electron chi connectivity index (χ3n) is 3.96. The molecule has 146 valence electrons. The molecule has 3 aromatic rings. The minimum atomic E-state index is -0.229. The zero-order valence-corrected chi connectivity index (χ0v) is 17.5. The molecule has 0 atom stereocenters. The topological polar surface area (TPSA) is 61.2 Å². The van der Waals surface area contributed by atoms with Gasteiger partial charge in [0.15, 0.2) is 5.16 Å². The van der Waals surface area contributed by atoms with Crippen LogP contribution in [-0.2, 0) is 9.53 Å². The Morgan fingerprint density at radius 2 is 2.00 bits per heavy atom. The molecule has 0 aliphatic carbocycles. The van der Waals surface area contributed by atoms with Gasteiger partial charge in [0, 0.05) is 17.2 Å². The molecule has 0 unspecified atom stereocenters. The van der Waals surface area contributed by atoms with Gasteiger partial charge < -0.3 is 4.74 Å². The van der Waals surface area contributed by atoms with Gasteiger partial charge in [-0.25, -0.2) is 4.98 Å². The van der Waals surface area contributed by atoms with Crippen molar-refractivity contribution in [1.82, 2.24) is 9.55 Å². The first-order chi connectivity index (χ1) is 13.5. The molecule has 0 spiro atoms. The van der Waals surface area contributed by atoms with Crippen LogP contribution < -0.4 is 5.56 Å². The van der Waals surface area contributed by atoms with E-state index in [0.717, 1.165) is 0 Å². The Morgan fingerprint density at radius 1 is 1.21 bits per heavy atom. The van der Waals surface area contributed by atoms with Crippen molar-refractivity contribution in [2.24, 2.45) is 0 Å². The number of para-hydroxylation sites is 1. The number of carbonyl (C=O) groups is 1. The number of rotatable bonds is 7. The van der Waals surface area contributed by atoms with Crippen LogP contribution >= 0.6 is 35.0 Å². The molecule has 0 bridgehead atoms. The zero-order valence-electron chi connectivity index (χ0n) is 15.2. The fourth-order valence-corrected chi connectivity index (χ4v) is 4.13. The second-order valence-electron chi connectivity index (χ2n) is 5.90. The van der Waals surface area contributed by atoms with Gasteiger partial charge in [-0.15, -0.1) is 0 Å². The summed E-state index contributed by atoms with van der Waals surface area (Å²) in [5.41, 5.74) is 0.923. The lowest BCUT2D eigenvalue weighted by molar-refractivity contribution is -0.143. The maximum absolute atomic E-state index is 13.2. The van der Waals surface area contributed by atoms with E-state index in [0.29, 0.717) is 57.0 Å². The number of carbonyl (C=O) groups excluding carboxylic acids is 1. The molecule has 1 aromatic heterocycles. The minimum absolute atomic E-state index is 0.206. The predicted molar refractivity (Wildman–Crippen MR) is 114 cm³/mol. The normalized spacial score (nSPS) is 11.0. The summed E-state index contributed by atoms with van der Waals surface area (Å²) in [6, 6.07) is 12.1. The van der Waals surface area contributed by atoms with Crippen molar-refractivity contribution in [1.29, 1.82) is 0 Å². The van der Waals surface area contributed by atoms with Crippen LogP contribution in [0.4, 0.5) is 0 Å². The Morgan fingerprint density at radius 3 is 2.75 bits per heavy atom. The molecular formula is C20H18Cl2N2O3S. The van der Waals surface area contributed by atoms with Gasteiger partial charge in [0.2, 0.25) is 0 Å². The molecular weight excluding hydrogens is 419 g/mol. The molecule has 1 heterocycles. The van der Waals surface area contributed by atoms with Crippen molar-refractivity contribution < 1.29 is 9.53 Å². The number of hydrogen-bond acceptors (Lipinski definition) is 5. The van der Waals surface area contributed by atoms with Gasteiger partial charge in [0.1, 0.15) is 0 Å². The van der Waals surface area contributed by atoms with Crippen molar-refractivity contribution in [2.45, 2.75) is 24.9 Å². The van der Waals surface area contributed by atoms with Crippen LogP contribution in [0.2, 0.25) is 10.0 Å². The first-order valence-corrected chi connectivity index (χ1v) is 10.5. The van der Waals surface area contributed by atoms with Gasteiger partial charge in [-0.3, -0.25) is 14.2 Å². The first-order valence-electron chi connectivity index (χ1n) is 8.77. The van der Waals surface area contributed by atoms with E-state index in [9.17, 15) is 9.59 Å². The molecule has 2 aromatic carbocycles. The number of ether oxygens (including phenoxy) is 1. The Hall–Kier alpha value is -2.02. The van der Waals surface area contributed by atoms with Crippen LogP contribution in [0.25, 0.3) is 16.6 Å². The number of benzene rings is 2. The number of thioether (sulfide) groups is 1. The molecule has 0 fully saturated rings. The van der Waals surface area contributed by atoms with Gasteiger partial charge in [-0.1, -0.05) is 47.1 Å². The maximum Gasteiger partial charge on any atom is 0.305 e. The summed E-state index contributed by atoms with van der Waals surface area (Å²) in [5.74, 6) is 0.377. The zero-order chi connectivity index (χ0) is 20.1. The average molecular weight is 437 g/mol. The molecule has 0 saturated heterocycles. The monoisotopic (exact) mass is 436 g/mol.